The number of nitrogen functional groups attached to an aromatic ring is 1. The highest BCUT2D eigenvalue weighted by atomic mass is 16.5. The number of carbonyl (C=O) groups excluding carboxylic acids is 1. The number of nitrogens with zero attached hydrogens (tertiary/aromatic N) is 2. The van der Waals surface area contributed by atoms with Crippen molar-refractivity contribution in [2.45, 2.75) is 13.0 Å². The lowest BCUT2D eigenvalue weighted by Crippen LogP contribution is -2.51. The van der Waals surface area contributed by atoms with E-state index in [2.05, 4.69) is 15.6 Å². The zero-order chi connectivity index (χ0) is 20.1. The predicted octanol–water partition coefficient (Wildman–Crippen LogP) is 2.45. The lowest BCUT2D eigenvalue weighted by atomic mass is 9.99. The summed E-state index contributed by atoms with van der Waals surface area (Å²) < 4.78 is 5.13. The molecule has 0 saturated carbocycles. The van der Waals surface area contributed by atoms with Gasteiger partial charge in [0, 0.05) is 44.1 Å². The summed E-state index contributed by atoms with van der Waals surface area (Å²) in [6, 6.07) is 10.8. The monoisotopic (exact) mass is 382 g/mol. The van der Waals surface area contributed by atoms with Crippen molar-refractivity contribution >= 4 is 23.4 Å². The number of methoxy groups -OCH3 is 1. The molecule has 1 atom stereocenters. The Labute approximate surface area is 164 Å². The van der Waals surface area contributed by atoms with Crippen LogP contribution in [0.2, 0.25) is 0 Å². The number of anilines is 2. The number of pyridine rings is 1. The normalized spacial score (nSPS) is 14.9. The Morgan fingerprint density at radius 1 is 1.39 bits per heavy atom. The van der Waals surface area contributed by atoms with E-state index in [-0.39, 0.29) is 12.1 Å². The summed E-state index contributed by atoms with van der Waals surface area (Å²) >= 11 is 0. The lowest BCUT2D eigenvalue weighted by molar-refractivity contribution is 0.0755. The lowest BCUT2D eigenvalue weighted by Gasteiger charge is -2.40. The van der Waals surface area contributed by atoms with Gasteiger partial charge in [0.25, 0.3) is 0 Å². The van der Waals surface area contributed by atoms with E-state index in [1.807, 2.05) is 42.2 Å². The number of rotatable bonds is 6. The standard InChI is InChI=1S/C20H26N6O2/c1-13(15-6-4-3-5-7-15)24-20(27)25-18-8-17(21)16(9-23-18)19(22)26-10-14(11-26)12-28-2/h3-9,13-14,22H,10-12H2,1-2H3,(H4,21,23,24,25,27)/t13-/m1/s1. The largest absolute Gasteiger partial charge is 0.398 e. The molecular formula is C20H26N6O2. The average Bonchev–Trinajstić information content (AvgIpc) is 2.64. The topological polar surface area (TPSA) is 116 Å². The number of hydrogen-bond donors (Lipinski definition) is 4. The average molecular weight is 382 g/mol. The number of benzene rings is 1. The van der Waals surface area contributed by atoms with Gasteiger partial charge in [0.15, 0.2) is 0 Å². The highest BCUT2D eigenvalue weighted by Gasteiger charge is 2.29. The summed E-state index contributed by atoms with van der Waals surface area (Å²) in [5.74, 6) is 1.12. The van der Waals surface area contributed by atoms with Crippen LogP contribution in [0.25, 0.3) is 0 Å². The number of nitrogens with two attached hydrogens (primary N) is 1. The minimum atomic E-state index is -0.365. The predicted molar refractivity (Wildman–Crippen MR) is 109 cm³/mol. The number of amides is 2. The second kappa shape index (κ2) is 8.71. The molecule has 2 amide bonds. The molecule has 3 rings (SSSR count). The molecule has 2 heterocycles. The van der Waals surface area contributed by atoms with Crippen molar-refractivity contribution in [1.29, 1.82) is 5.41 Å². The molecule has 0 aliphatic carbocycles. The van der Waals surface area contributed by atoms with Crippen LogP contribution in [0.1, 0.15) is 24.1 Å². The fourth-order valence-corrected chi connectivity index (χ4v) is 3.18. The number of likely N-dealkylation sites (tertiary alicyclic amines) is 1. The van der Waals surface area contributed by atoms with E-state index in [0.717, 1.165) is 18.7 Å². The van der Waals surface area contributed by atoms with Crippen LogP contribution >= 0.6 is 0 Å². The molecule has 0 bridgehead atoms. The molecule has 5 N–H and O–H groups in total. The summed E-state index contributed by atoms with van der Waals surface area (Å²) in [6.45, 7) is 4.14. The Kier molecular flexibility index (Phi) is 6.10. The van der Waals surface area contributed by atoms with Crippen LogP contribution in [-0.2, 0) is 4.74 Å². The van der Waals surface area contributed by atoms with Crippen molar-refractivity contribution in [3.8, 4) is 0 Å². The van der Waals surface area contributed by atoms with Gasteiger partial charge in [0.1, 0.15) is 11.7 Å². The minimum Gasteiger partial charge on any atom is -0.398 e. The molecular weight excluding hydrogens is 356 g/mol. The number of hydrogen-bond acceptors (Lipinski definition) is 5. The smallest absolute Gasteiger partial charge is 0.320 e. The van der Waals surface area contributed by atoms with Crippen LogP contribution in [0.3, 0.4) is 0 Å². The van der Waals surface area contributed by atoms with Crippen molar-refractivity contribution in [3.63, 3.8) is 0 Å². The van der Waals surface area contributed by atoms with Crippen LogP contribution in [0.5, 0.6) is 0 Å². The number of aromatic nitrogens is 1. The van der Waals surface area contributed by atoms with E-state index < -0.39 is 0 Å². The molecule has 0 spiro atoms. The van der Waals surface area contributed by atoms with Gasteiger partial charge in [-0.25, -0.2) is 9.78 Å². The summed E-state index contributed by atoms with van der Waals surface area (Å²) in [4.78, 5) is 18.4. The first kappa shape index (κ1) is 19.6. The van der Waals surface area contributed by atoms with Crippen LogP contribution in [0.4, 0.5) is 16.3 Å². The van der Waals surface area contributed by atoms with E-state index in [1.54, 1.807) is 13.2 Å². The van der Waals surface area contributed by atoms with Gasteiger partial charge in [-0.05, 0) is 12.5 Å². The van der Waals surface area contributed by atoms with Gasteiger partial charge in [0.05, 0.1) is 18.2 Å². The van der Waals surface area contributed by atoms with Gasteiger partial charge in [-0.2, -0.15) is 0 Å². The quantitative estimate of drug-likeness (QED) is 0.452. The molecule has 1 aromatic heterocycles. The molecule has 1 aromatic carbocycles. The third-order valence-electron chi connectivity index (χ3n) is 4.76. The Bertz CT molecular complexity index is 836. The highest BCUT2D eigenvalue weighted by molar-refractivity contribution is 6.01. The highest BCUT2D eigenvalue weighted by Crippen LogP contribution is 2.23. The maximum atomic E-state index is 12.2. The van der Waals surface area contributed by atoms with Crippen molar-refractivity contribution < 1.29 is 9.53 Å². The van der Waals surface area contributed by atoms with Gasteiger partial charge in [0.2, 0.25) is 0 Å². The van der Waals surface area contributed by atoms with Crippen molar-refractivity contribution in [3.05, 3.63) is 53.7 Å². The van der Waals surface area contributed by atoms with E-state index in [1.165, 1.54) is 6.20 Å². The Balaban J connectivity index is 1.56. The Morgan fingerprint density at radius 2 is 2.11 bits per heavy atom. The maximum absolute atomic E-state index is 12.2. The molecule has 1 fully saturated rings. The van der Waals surface area contributed by atoms with E-state index in [0.29, 0.717) is 35.4 Å². The minimum absolute atomic E-state index is 0.141. The fraction of sp³-hybridized carbons (Fsp3) is 0.350. The zero-order valence-electron chi connectivity index (χ0n) is 16.1. The third-order valence-corrected chi connectivity index (χ3v) is 4.76. The van der Waals surface area contributed by atoms with E-state index >= 15 is 0 Å². The summed E-state index contributed by atoms with van der Waals surface area (Å²) in [5.41, 5.74) is 8.07. The molecule has 28 heavy (non-hydrogen) atoms. The van der Waals surface area contributed by atoms with Crippen molar-refractivity contribution in [2.24, 2.45) is 5.92 Å². The van der Waals surface area contributed by atoms with Gasteiger partial charge in [-0.15, -0.1) is 0 Å². The van der Waals surface area contributed by atoms with Crippen molar-refractivity contribution in [1.82, 2.24) is 15.2 Å². The zero-order valence-corrected chi connectivity index (χ0v) is 16.1. The molecule has 148 valence electrons. The van der Waals surface area contributed by atoms with Crippen LogP contribution in [0, 0.1) is 11.3 Å². The fourth-order valence-electron chi connectivity index (χ4n) is 3.18. The Morgan fingerprint density at radius 3 is 2.75 bits per heavy atom. The molecule has 8 heteroatoms. The third kappa shape index (κ3) is 4.58. The first-order valence-corrected chi connectivity index (χ1v) is 9.18. The molecule has 1 aliphatic heterocycles. The number of ether oxygens (including phenoxy) is 1. The summed E-state index contributed by atoms with van der Waals surface area (Å²) in [5, 5.41) is 13.9. The second-order valence-corrected chi connectivity index (χ2v) is 6.96. The molecule has 1 aliphatic rings. The molecule has 0 radical (unpaired) electrons. The number of nitrogens with one attached hydrogen (secondary N) is 3. The molecule has 2 aromatic rings. The first-order valence-electron chi connectivity index (χ1n) is 9.18. The van der Waals surface area contributed by atoms with Crippen LogP contribution in [0.15, 0.2) is 42.6 Å². The summed E-state index contributed by atoms with van der Waals surface area (Å²) in [6.07, 6.45) is 1.53. The van der Waals surface area contributed by atoms with E-state index in [4.69, 9.17) is 15.9 Å². The number of carbonyl (C=O) groups is 1. The van der Waals surface area contributed by atoms with E-state index in [9.17, 15) is 4.79 Å². The molecule has 0 unspecified atom stereocenters. The maximum Gasteiger partial charge on any atom is 0.320 e. The second-order valence-electron chi connectivity index (χ2n) is 6.96. The van der Waals surface area contributed by atoms with Gasteiger partial charge in [-0.3, -0.25) is 10.7 Å². The Hall–Kier alpha value is -3.13. The molecule has 1 saturated heterocycles. The van der Waals surface area contributed by atoms with Crippen LogP contribution in [-0.4, -0.2) is 48.6 Å². The van der Waals surface area contributed by atoms with Gasteiger partial charge >= 0.3 is 6.03 Å². The SMILES string of the molecule is COCC1CN(C(=N)c2cnc(NC(=O)N[C@H](C)c3ccccc3)cc2N)C1. The van der Waals surface area contributed by atoms with Gasteiger partial charge in [-0.1, -0.05) is 30.3 Å². The first-order chi connectivity index (χ1) is 13.5. The molecule has 8 nitrogen and oxygen atoms in total. The van der Waals surface area contributed by atoms with Crippen LogP contribution < -0.4 is 16.4 Å². The number of urea groups is 1. The van der Waals surface area contributed by atoms with Gasteiger partial charge < -0.3 is 20.7 Å². The summed E-state index contributed by atoms with van der Waals surface area (Å²) in [7, 11) is 1.68. The number of amidine groups is 1. The van der Waals surface area contributed by atoms with Crippen molar-refractivity contribution in [2.75, 3.05) is 37.9 Å².